The van der Waals surface area contributed by atoms with Crippen LogP contribution in [0.15, 0.2) is 0 Å². The van der Waals surface area contributed by atoms with Crippen LogP contribution in [0.3, 0.4) is 0 Å². The molecule has 1 fully saturated rings. The van der Waals surface area contributed by atoms with Crippen LogP contribution in [-0.4, -0.2) is 25.0 Å². The van der Waals surface area contributed by atoms with Crippen molar-refractivity contribution in [3.63, 3.8) is 0 Å². The average molecular weight is 183 g/mol. The first-order valence-electron chi connectivity index (χ1n) is 5.83. The Hall–Kier alpha value is -0.0400. The zero-order chi connectivity index (χ0) is 9.84. The largest absolute Gasteiger partial charge is 0.306 e. The molecule has 0 amide bonds. The fraction of sp³-hybridized carbons (Fsp3) is 1.00. The Kier molecular flexibility index (Phi) is 4.24. The van der Waals surface area contributed by atoms with Crippen LogP contribution in [0, 0.1) is 17.8 Å². The van der Waals surface area contributed by atoms with E-state index in [0.717, 1.165) is 17.8 Å². The standard InChI is InChI=1S/C12H25N/c1-5-12(10(2)3)11-7-6-8-13(4)9-11/h10-12H,5-9H2,1-4H3. The van der Waals surface area contributed by atoms with Crippen LogP contribution in [0.4, 0.5) is 0 Å². The van der Waals surface area contributed by atoms with Gasteiger partial charge in [0.1, 0.15) is 0 Å². The molecule has 0 spiro atoms. The zero-order valence-corrected chi connectivity index (χ0v) is 9.71. The minimum absolute atomic E-state index is 0.862. The smallest absolute Gasteiger partial charge is 0.000936 e. The maximum absolute atomic E-state index is 2.50. The summed E-state index contributed by atoms with van der Waals surface area (Å²) in [5, 5.41) is 0. The van der Waals surface area contributed by atoms with Gasteiger partial charge in [0.2, 0.25) is 0 Å². The highest BCUT2D eigenvalue weighted by Crippen LogP contribution is 2.30. The SMILES string of the molecule is CCC(C(C)C)C1CCCN(C)C1. The lowest BCUT2D eigenvalue weighted by atomic mass is 9.77. The fourth-order valence-corrected chi connectivity index (χ4v) is 2.90. The van der Waals surface area contributed by atoms with E-state index < -0.39 is 0 Å². The van der Waals surface area contributed by atoms with Gasteiger partial charge in [0.15, 0.2) is 0 Å². The topological polar surface area (TPSA) is 3.24 Å². The summed E-state index contributed by atoms with van der Waals surface area (Å²) in [6.07, 6.45) is 4.22. The van der Waals surface area contributed by atoms with Crippen LogP contribution < -0.4 is 0 Å². The van der Waals surface area contributed by atoms with Crippen LogP contribution >= 0.6 is 0 Å². The minimum Gasteiger partial charge on any atom is -0.306 e. The minimum atomic E-state index is 0.862. The zero-order valence-electron chi connectivity index (χ0n) is 9.71. The van der Waals surface area contributed by atoms with Crippen molar-refractivity contribution < 1.29 is 0 Å². The quantitative estimate of drug-likeness (QED) is 0.650. The third-order valence-electron chi connectivity index (χ3n) is 3.59. The molecule has 0 aromatic carbocycles. The lowest BCUT2D eigenvalue weighted by Gasteiger charge is -2.36. The van der Waals surface area contributed by atoms with E-state index in [2.05, 4.69) is 32.7 Å². The highest BCUT2D eigenvalue weighted by Gasteiger charge is 2.26. The summed E-state index contributed by atoms with van der Waals surface area (Å²) in [5.74, 6) is 2.77. The van der Waals surface area contributed by atoms with Crippen LogP contribution in [0.1, 0.15) is 40.0 Å². The summed E-state index contributed by atoms with van der Waals surface area (Å²) in [6.45, 7) is 9.74. The van der Waals surface area contributed by atoms with E-state index in [1.807, 2.05) is 0 Å². The maximum atomic E-state index is 2.50. The Labute approximate surface area is 83.5 Å². The molecule has 1 nitrogen and oxygen atoms in total. The molecule has 0 bridgehead atoms. The molecule has 78 valence electrons. The van der Waals surface area contributed by atoms with Gasteiger partial charge in [0, 0.05) is 6.54 Å². The summed E-state index contributed by atoms with van der Waals surface area (Å²) in [7, 11) is 2.26. The second kappa shape index (κ2) is 4.99. The summed E-state index contributed by atoms with van der Waals surface area (Å²) in [4.78, 5) is 2.50. The molecule has 0 saturated carbocycles. The van der Waals surface area contributed by atoms with Gasteiger partial charge in [-0.1, -0.05) is 27.2 Å². The molecule has 0 aliphatic carbocycles. The van der Waals surface area contributed by atoms with E-state index in [-0.39, 0.29) is 0 Å². The van der Waals surface area contributed by atoms with E-state index in [0.29, 0.717) is 0 Å². The summed E-state index contributed by atoms with van der Waals surface area (Å²) < 4.78 is 0. The molecule has 1 aliphatic heterocycles. The molecule has 1 aliphatic rings. The molecule has 1 rings (SSSR count). The van der Waals surface area contributed by atoms with E-state index in [1.54, 1.807) is 0 Å². The molecule has 2 unspecified atom stereocenters. The lowest BCUT2D eigenvalue weighted by Crippen LogP contribution is -2.37. The molecule has 2 atom stereocenters. The van der Waals surface area contributed by atoms with E-state index in [1.165, 1.54) is 32.4 Å². The van der Waals surface area contributed by atoms with Crippen molar-refractivity contribution in [1.29, 1.82) is 0 Å². The fourth-order valence-electron chi connectivity index (χ4n) is 2.90. The van der Waals surface area contributed by atoms with E-state index in [4.69, 9.17) is 0 Å². The Morgan fingerprint density at radius 3 is 2.54 bits per heavy atom. The number of hydrogen-bond acceptors (Lipinski definition) is 1. The Morgan fingerprint density at radius 2 is 2.08 bits per heavy atom. The second-order valence-corrected chi connectivity index (χ2v) is 4.98. The van der Waals surface area contributed by atoms with E-state index in [9.17, 15) is 0 Å². The van der Waals surface area contributed by atoms with Crippen LogP contribution in [0.25, 0.3) is 0 Å². The predicted octanol–water partition coefficient (Wildman–Crippen LogP) is 3.01. The average Bonchev–Trinajstić information content (AvgIpc) is 2.04. The highest BCUT2D eigenvalue weighted by molar-refractivity contribution is 4.78. The molecule has 1 saturated heterocycles. The van der Waals surface area contributed by atoms with Gasteiger partial charge in [0.25, 0.3) is 0 Å². The molecule has 0 aromatic heterocycles. The van der Waals surface area contributed by atoms with Gasteiger partial charge in [-0.15, -0.1) is 0 Å². The summed E-state index contributed by atoms with van der Waals surface area (Å²) >= 11 is 0. The Balaban J connectivity index is 2.47. The number of piperidine rings is 1. The van der Waals surface area contributed by atoms with Gasteiger partial charge in [-0.25, -0.2) is 0 Å². The van der Waals surface area contributed by atoms with Gasteiger partial charge >= 0.3 is 0 Å². The Morgan fingerprint density at radius 1 is 1.38 bits per heavy atom. The van der Waals surface area contributed by atoms with Gasteiger partial charge in [-0.05, 0) is 44.2 Å². The third kappa shape index (κ3) is 2.98. The normalized spacial score (nSPS) is 27.9. The molecule has 1 heteroatoms. The monoisotopic (exact) mass is 183 g/mol. The van der Waals surface area contributed by atoms with Crippen molar-refractivity contribution in [2.24, 2.45) is 17.8 Å². The number of hydrogen-bond donors (Lipinski definition) is 0. The molecular formula is C12H25N. The van der Waals surface area contributed by atoms with Gasteiger partial charge in [0.05, 0.1) is 0 Å². The molecule has 13 heavy (non-hydrogen) atoms. The molecular weight excluding hydrogens is 158 g/mol. The first-order valence-corrected chi connectivity index (χ1v) is 5.83. The van der Waals surface area contributed by atoms with Crippen molar-refractivity contribution in [3.8, 4) is 0 Å². The van der Waals surface area contributed by atoms with Crippen LogP contribution in [0.5, 0.6) is 0 Å². The number of nitrogens with zero attached hydrogens (tertiary/aromatic N) is 1. The van der Waals surface area contributed by atoms with Gasteiger partial charge in [-0.3, -0.25) is 0 Å². The van der Waals surface area contributed by atoms with Crippen molar-refractivity contribution in [1.82, 2.24) is 4.90 Å². The summed E-state index contributed by atoms with van der Waals surface area (Å²) in [5.41, 5.74) is 0. The van der Waals surface area contributed by atoms with Gasteiger partial charge < -0.3 is 4.90 Å². The Bertz CT molecular complexity index is 142. The highest BCUT2D eigenvalue weighted by atomic mass is 15.1. The van der Waals surface area contributed by atoms with Crippen LogP contribution in [-0.2, 0) is 0 Å². The van der Waals surface area contributed by atoms with Crippen molar-refractivity contribution in [2.75, 3.05) is 20.1 Å². The van der Waals surface area contributed by atoms with Crippen molar-refractivity contribution in [2.45, 2.75) is 40.0 Å². The number of rotatable bonds is 3. The van der Waals surface area contributed by atoms with E-state index >= 15 is 0 Å². The lowest BCUT2D eigenvalue weighted by molar-refractivity contribution is 0.129. The third-order valence-corrected chi connectivity index (χ3v) is 3.59. The van der Waals surface area contributed by atoms with Gasteiger partial charge in [-0.2, -0.15) is 0 Å². The first-order chi connectivity index (χ1) is 6.15. The maximum Gasteiger partial charge on any atom is 0.000936 e. The molecule has 0 aromatic rings. The number of likely N-dealkylation sites (tertiary alicyclic amines) is 1. The molecule has 1 heterocycles. The predicted molar refractivity (Wildman–Crippen MR) is 58.8 cm³/mol. The van der Waals surface area contributed by atoms with Crippen molar-refractivity contribution >= 4 is 0 Å². The summed E-state index contributed by atoms with van der Waals surface area (Å²) in [6, 6.07) is 0. The van der Waals surface area contributed by atoms with Crippen LogP contribution in [0.2, 0.25) is 0 Å². The first kappa shape index (κ1) is 11.0. The molecule has 0 radical (unpaired) electrons. The molecule has 0 N–H and O–H groups in total. The second-order valence-electron chi connectivity index (χ2n) is 4.98. The van der Waals surface area contributed by atoms with Crippen molar-refractivity contribution in [3.05, 3.63) is 0 Å².